The van der Waals surface area contributed by atoms with Crippen molar-refractivity contribution in [2.75, 3.05) is 19.8 Å². The van der Waals surface area contributed by atoms with Gasteiger partial charge in [0.15, 0.2) is 17.3 Å². The van der Waals surface area contributed by atoms with E-state index in [0.717, 1.165) is 18.2 Å². The third-order valence-electron chi connectivity index (χ3n) is 4.91. The summed E-state index contributed by atoms with van der Waals surface area (Å²) < 4.78 is 38.6. The van der Waals surface area contributed by atoms with Crippen LogP contribution in [0.1, 0.15) is 22.8 Å². The van der Waals surface area contributed by atoms with Crippen LogP contribution in [0.15, 0.2) is 36.4 Å². The van der Waals surface area contributed by atoms with Crippen molar-refractivity contribution >= 4 is 17.7 Å². The first-order chi connectivity index (χ1) is 13.8. The monoisotopic (exact) mass is 402 g/mol. The molecule has 2 aromatic carbocycles. The van der Waals surface area contributed by atoms with Gasteiger partial charge in [-0.25, -0.2) is 13.6 Å². The fourth-order valence-electron chi connectivity index (χ4n) is 3.36. The maximum Gasteiger partial charge on any atom is 0.325 e. The minimum Gasteiger partial charge on any atom is -0.486 e. The van der Waals surface area contributed by atoms with Crippen molar-refractivity contribution in [2.45, 2.75) is 12.5 Å². The molecule has 9 heteroatoms. The Morgan fingerprint density at radius 1 is 1.10 bits per heavy atom. The lowest BCUT2D eigenvalue weighted by Gasteiger charge is -2.23. The Kier molecular flexibility index (Phi) is 4.45. The summed E-state index contributed by atoms with van der Waals surface area (Å²) in [7, 11) is 0. The van der Waals surface area contributed by atoms with E-state index in [0.29, 0.717) is 29.6 Å². The normalized spacial score (nSPS) is 20.6. The summed E-state index contributed by atoms with van der Waals surface area (Å²) in [6.07, 6.45) is 0. The van der Waals surface area contributed by atoms with E-state index in [1.165, 1.54) is 19.1 Å². The summed E-state index contributed by atoms with van der Waals surface area (Å²) in [5.74, 6) is -2.08. The highest BCUT2D eigenvalue weighted by Gasteiger charge is 2.50. The van der Waals surface area contributed by atoms with Gasteiger partial charge in [0.05, 0.1) is 6.54 Å². The fourth-order valence-corrected chi connectivity index (χ4v) is 3.36. The average molecular weight is 402 g/mol. The summed E-state index contributed by atoms with van der Waals surface area (Å²) in [6.45, 7) is 1.45. The summed E-state index contributed by atoms with van der Waals surface area (Å²) in [5.41, 5.74) is -1.92. The highest BCUT2D eigenvalue weighted by molar-refractivity contribution is 6.11. The zero-order valence-corrected chi connectivity index (χ0v) is 15.3. The smallest absolute Gasteiger partial charge is 0.325 e. The van der Waals surface area contributed by atoms with Crippen molar-refractivity contribution in [2.24, 2.45) is 0 Å². The van der Waals surface area contributed by atoms with E-state index in [4.69, 9.17) is 9.47 Å². The number of benzene rings is 2. The zero-order chi connectivity index (χ0) is 20.8. The molecule has 0 spiro atoms. The predicted octanol–water partition coefficient (Wildman–Crippen LogP) is 2.39. The van der Waals surface area contributed by atoms with E-state index in [9.17, 15) is 23.2 Å². The van der Waals surface area contributed by atoms with Crippen LogP contribution in [0.25, 0.3) is 0 Å². The number of carbonyl (C=O) groups is 3. The molecule has 0 unspecified atom stereocenters. The van der Waals surface area contributed by atoms with Crippen molar-refractivity contribution in [1.29, 1.82) is 0 Å². The van der Waals surface area contributed by atoms with Gasteiger partial charge in [-0.3, -0.25) is 14.5 Å². The molecule has 2 aromatic rings. The summed E-state index contributed by atoms with van der Waals surface area (Å²) in [5, 5.41) is 2.36. The van der Waals surface area contributed by atoms with E-state index in [1.54, 1.807) is 6.07 Å². The van der Waals surface area contributed by atoms with Crippen LogP contribution in [-0.4, -0.2) is 42.4 Å². The molecule has 1 saturated heterocycles. The lowest BCUT2D eigenvalue weighted by molar-refractivity contribution is -0.130. The first-order valence-corrected chi connectivity index (χ1v) is 8.82. The molecule has 7 nitrogen and oxygen atoms in total. The Hall–Kier alpha value is -3.49. The second-order valence-electron chi connectivity index (χ2n) is 6.85. The molecule has 2 heterocycles. The summed E-state index contributed by atoms with van der Waals surface area (Å²) >= 11 is 0. The van der Waals surface area contributed by atoms with Gasteiger partial charge in [-0.2, -0.15) is 0 Å². The fraction of sp³-hybridized carbons (Fsp3) is 0.250. The number of nitrogens with zero attached hydrogens (tertiary/aromatic N) is 1. The number of rotatable bonds is 4. The molecule has 0 aromatic heterocycles. The molecule has 4 rings (SSSR count). The molecule has 3 amide bonds. The zero-order valence-electron chi connectivity index (χ0n) is 15.3. The number of ether oxygens (including phenoxy) is 2. The maximum absolute atomic E-state index is 14.2. The number of Topliss-reactive ketones (excluding diaryl/α,β-unsaturated/α-hetero) is 1. The highest BCUT2D eigenvalue weighted by Crippen LogP contribution is 2.33. The van der Waals surface area contributed by atoms with Gasteiger partial charge < -0.3 is 14.8 Å². The van der Waals surface area contributed by atoms with E-state index in [-0.39, 0.29) is 11.1 Å². The Labute approximate surface area is 164 Å². The van der Waals surface area contributed by atoms with E-state index < -0.39 is 41.4 Å². The van der Waals surface area contributed by atoms with Crippen LogP contribution in [0.2, 0.25) is 0 Å². The Balaban J connectivity index is 1.58. The quantitative estimate of drug-likeness (QED) is 0.627. The molecule has 2 aliphatic heterocycles. The number of imide groups is 1. The number of ketones is 1. The van der Waals surface area contributed by atoms with Crippen molar-refractivity contribution in [3.63, 3.8) is 0 Å². The maximum atomic E-state index is 14.2. The molecule has 0 radical (unpaired) electrons. The van der Waals surface area contributed by atoms with Gasteiger partial charge in [0, 0.05) is 11.1 Å². The first-order valence-electron chi connectivity index (χ1n) is 8.82. The van der Waals surface area contributed by atoms with Crippen LogP contribution in [0.4, 0.5) is 13.6 Å². The number of hydrogen-bond donors (Lipinski definition) is 1. The van der Waals surface area contributed by atoms with E-state index in [2.05, 4.69) is 5.32 Å². The van der Waals surface area contributed by atoms with Crippen LogP contribution in [0.3, 0.4) is 0 Å². The molecule has 0 saturated carbocycles. The van der Waals surface area contributed by atoms with E-state index >= 15 is 0 Å². The number of hydrogen-bond acceptors (Lipinski definition) is 5. The lowest BCUT2D eigenvalue weighted by atomic mass is 9.91. The molecule has 1 atom stereocenters. The van der Waals surface area contributed by atoms with Crippen molar-refractivity contribution in [1.82, 2.24) is 10.2 Å². The number of nitrogens with one attached hydrogen (secondary N) is 1. The van der Waals surface area contributed by atoms with Crippen LogP contribution in [0, 0.1) is 11.6 Å². The Bertz CT molecular complexity index is 1040. The van der Waals surface area contributed by atoms with Crippen LogP contribution < -0.4 is 14.8 Å². The second kappa shape index (κ2) is 6.84. The number of fused-ring (bicyclic) bond motifs is 1. The van der Waals surface area contributed by atoms with Gasteiger partial charge >= 0.3 is 6.03 Å². The third-order valence-corrected chi connectivity index (χ3v) is 4.91. The molecular weight excluding hydrogens is 386 g/mol. The Morgan fingerprint density at radius 2 is 1.83 bits per heavy atom. The molecule has 150 valence electrons. The summed E-state index contributed by atoms with van der Waals surface area (Å²) in [6, 6.07) is 6.30. The topological polar surface area (TPSA) is 84.9 Å². The SMILES string of the molecule is C[C@]1(c2cc(F)ccc2F)NC(=O)N(CC(=O)c2ccc3c(c2)OCCO3)C1=O. The standard InChI is InChI=1S/C20H16F2N2O5/c1-20(13-9-12(21)3-4-14(13)22)18(26)24(19(27)23-20)10-15(25)11-2-5-16-17(8-11)29-7-6-28-16/h2-5,8-9H,6-7,10H2,1H3,(H,23,27)/t20-/m1/s1. The van der Waals surface area contributed by atoms with Gasteiger partial charge in [0.2, 0.25) is 0 Å². The van der Waals surface area contributed by atoms with Crippen LogP contribution in [0.5, 0.6) is 11.5 Å². The van der Waals surface area contributed by atoms with Crippen LogP contribution in [-0.2, 0) is 10.3 Å². The number of amides is 3. The minimum absolute atomic E-state index is 0.223. The minimum atomic E-state index is -1.82. The summed E-state index contributed by atoms with van der Waals surface area (Å²) in [4.78, 5) is 38.5. The Morgan fingerprint density at radius 3 is 2.59 bits per heavy atom. The van der Waals surface area contributed by atoms with E-state index in [1.807, 2.05) is 0 Å². The third kappa shape index (κ3) is 3.18. The molecule has 0 bridgehead atoms. The number of urea groups is 1. The van der Waals surface area contributed by atoms with Crippen molar-refractivity contribution < 1.29 is 32.6 Å². The van der Waals surface area contributed by atoms with Gasteiger partial charge in [-0.1, -0.05) is 0 Å². The van der Waals surface area contributed by atoms with Gasteiger partial charge in [0.25, 0.3) is 5.91 Å². The largest absolute Gasteiger partial charge is 0.486 e. The first kappa shape index (κ1) is 18.9. The number of carbonyl (C=O) groups excluding carboxylic acids is 3. The predicted molar refractivity (Wildman–Crippen MR) is 95.7 cm³/mol. The van der Waals surface area contributed by atoms with Crippen molar-refractivity contribution in [3.8, 4) is 11.5 Å². The molecule has 2 aliphatic rings. The second-order valence-corrected chi connectivity index (χ2v) is 6.85. The molecule has 1 fully saturated rings. The van der Waals surface area contributed by atoms with Gasteiger partial charge in [-0.05, 0) is 43.3 Å². The molecule has 29 heavy (non-hydrogen) atoms. The molecule has 1 N–H and O–H groups in total. The molecular formula is C20H16F2N2O5. The average Bonchev–Trinajstić information content (AvgIpc) is 2.93. The highest BCUT2D eigenvalue weighted by atomic mass is 19.1. The number of halogens is 2. The van der Waals surface area contributed by atoms with Crippen LogP contribution >= 0.6 is 0 Å². The molecule has 0 aliphatic carbocycles. The lowest BCUT2D eigenvalue weighted by Crippen LogP contribution is -2.42. The van der Waals surface area contributed by atoms with Crippen molar-refractivity contribution in [3.05, 3.63) is 59.2 Å². The van der Waals surface area contributed by atoms with Gasteiger partial charge in [0.1, 0.15) is 30.4 Å². The van der Waals surface area contributed by atoms with Gasteiger partial charge in [-0.15, -0.1) is 0 Å².